The lowest BCUT2D eigenvalue weighted by molar-refractivity contribution is -0.155. The third-order valence-corrected chi connectivity index (χ3v) is 7.37. The van der Waals surface area contributed by atoms with Crippen molar-refractivity contribution < 1.29 is 33.3 Å². The Bertz CT molecular complexity index is 1520. The molecule has 0 fully saturated rings. The minimum absolute atomic E-state index is 0.202. The van der Waals surface area contributed by atoms with Crippen molar-refractivity contribution in [2.45, 2.75) is 71.3 Å². The molecule has 0 amide bonds. The fraction of sp³-hybridized carbons (Fsp3) is 0.375. The summed E-state index contributed by atoms with van der Waals surface area (Å²) in [6, 6.07) is 30.1. The molecule has 4 rings (SSSR count). The summed E-state index contributed by atoms with van der Waals surface area (Å²) in [7, 11) is 1.38. The van der Waals surface area contributed by atoms with Gasteiger partial charge >= 0.3 is 11.9 Å². The van der Waals surface area contributed by atoms with Crippen LogP contribution < -0.4 is 14.2 Å². The second-order valence-corrected chi connectivity index (χ2v) is 12.4. The third-order valence-electron chi connectivity index (χ3n) is 7.37. The molecule has 8 heteroatoms. The molecule has 8 nitrogen and oxygen atoms in total. The number of aromatic nitrogens is 1. The maximum Gasteiger partial charge on any atom is 0.306 e. The van der Waals surface area contributed by atoms with E-state index in [1.54, 1.807) is 0 Å². The molecule has 0 aliphatic carbocycles. The first-order valence-corrected chi connectivity index (χ1v) is 16.6. The average molecular weight is 654 g/mol. The molecule has 0 radical (unpaired) electrons. The van der Waals surface area contributed by atoms with Gasteiger partial charge in [-0.1, -0.05) is 66.7 Å². The van der Waals surface area contributed by atoms with Gasteiger partial charge in [-0.15, -0.1) is 0 Å². The topological polar surface area (TPSA) is 93.2 Å². The number of nitrogens with zero attached hydrogens (tertiary/aromatic N) is 1. The third kappa shape index (κ3) is 12.1. The lowest BCUT2D eigenvalue weighted by atomic mass is 10.0. The molecule has 0 atom stereocenters. The van der Waals surface area contributed by atoms with E-state index in [0.29, 0.717) is 50.0 Å². The van der Waals surface area contributed by atoms with E-state index in [4.69, 9.17) is 28.7 Å². The number of hydrogen-bond acceptors (Lipinski definition) is 8. The molecular formula is C40H47NO7. The molecule has 48 heavy (non-hydrogen) atoms. The molecule has 0 unspecified atom stereocenters. The van der Waals surface area contributed by atoms with E-state index in [0.717, 1.165) is 47.2 Å². The van der Waals surface area contributed by atoms with Crippen LogP contribution >= 0.6 is 0 Å². The summed E-state index contributed by atoms with van der Waals surface area (Å²) in [4.78, 5) is 28.8. The van der Waals surface area contributed by atoms with Gasteiger partial charge in [-0.25, -0.2) is 4.98 Å². The lowest BCUT2D eigenvalue weighted by Gasteiger charge is -2.19. The molecule has 3 aromatic carbocycles. The largest absolute Gasteiger partial charge is 0.493 e. The summed E-state index contributed by atoms with van der Waals surface area (Å²) in [5.74, 6) is 1.35. The molecule has 1 heterocycles. The molecule has 0 spiro atoms. The zero-order chi connectivity index (χ0) is 34.2. The van der Waals surface area contributed by atoms with Gasteiger partial charge in [0.1, 0.15) is 17.1 Å². The number of ether oxygens (including phenoxy) is 5. The molecular weight excluding hydrogens is 606 g/mol. The Morgan fingerprint density at radius 2 is 1.23 bits per heavy atom. The van der Waals surface area contributed by atoms with E-state index in [2.05, 4.69) is 30.3 Å². The number of carbonyl (C=O) groups excluding carboxylic acids is 2. The molecule has 0 aliphatic heterocycles. The maximum atomic E-state index is 12.1. The van der Waals surface area contributed by atoms with Crippen molar-refractivity contribution in [1.82, 2.24) is 4.98 Å². The van der Waals surface area contributed by atoms with Crippen LogP contribution in [-0.2, 0) is 25.5 Å². The summed E-state index contributed by atoms with van der Waals surface area (Å²) in [6.07, 6.45) is 3.97. The zero-order valence-electron chi connectivity index (χ0n) is 28.5. The van der Waals surface area contributed by atoms with Crippen LogP contribution in [0.2, 0.25) is 0 Å². The molecule has 0 saturated heterocycles. The first-order chi connectivity index (χ1) is 23.2. The average Bonchev–Trinajstić information content (AvgIpc) is 3.09. The van der Waals surface area contributed by atoms with E-state index in [9.17, 15) is 9.59 Å². The van der Waals surface area contributed by atoms with Gasteiger partial charge in [-0.2, -0.15) is 0 Å². The number of benzene rings is 3. The van der Waals surface area contributed by atoms with E-state index < -0.39 is 5.60 Å². The molecule has 0 saturated carbocycles. The molecule has 0 bridgehead atoms. The van der Waals surface area contributed by atoms with E-state index >= 15 is 0 Å². The predicted molar refractivity (Wildman–Crippen MR) is 187 cm³/mol. The SMILES string of the molecule is COC(=O)CCc1c(OCCCCCOc2cc(-c3ccccc3)cc(-c3ccccc3)n2)cccc1OCCCC(=O)OC(C)(C)C. The number of rotatable bonds is 18. The van der Waals surface area contributed by atoms with E-state index in [-0.39, 0.29) is 24.8 Å². The van der Waals surface area contributed by atoms with E-state index in [1.807, 2.05) is 81.4 Å². The highest BCUT2D eigenvalue weighted by molar-refractivity contribution is 5.72. The van der Waals surface area contributed by atoms with Crippen molar-refractivity contribution in [1.29, 1.82) is 0 Å². The predicted octanol–water partition coefficient (Wildman–Crippen LogP) is 8.65. The minimum Gasteiger partial charge on any atom is -0.493 e. The van der Waals surface area contributed by atoms with E-state index in [1.165, 1.54) is 7.11 Å². The molecule has 4 aromatic rings. The summed E-state index contributed by atoms with van der Waals surface area (Å²) < 4.78 is 28.6. The Morgan fingerprint density at radius 3 is 1.85 bits per heavy atom. The van der Waals surface area contributed by atoms with Crippen molar-refractivity contribution in [2.24, 2.45) is 0 Å². The molecule has 254 valence electrons. The summed E-state index contributed by atoms with van der Waals surface area (Å²) in [6.45, 7) is 6.92. The van der Waals surface area contributed by atoms with Crippen molar-refractivity contribution in [3.63, 3.8) is 0 Å². The second kappa shape index (κ2) is 18.5. The Morgan fingerprint density at radius 1 is 0.625 bits per heavy atom. The van der Waals surface area contributed by atoms with Crippen molar-refractivity contribution in [3.05, 3.63) is 96.6 Å². The quantitative estimate of drug-likeness (QED) is 0.0778. The fourth-order valence-corrected chi connectivity index (χ4v) is 5.06. The second-order valence-electron chi connectivity index (χ2n) is 12.4. The number of esters is 2. The van der Waals surface area contributed by atoms with Crippen molar-refractivity contribution in [3.8, 4) is 39.8 Å². The fourth-order valence-electron chi connectivity index (χ4n) is 5.06. The summed E-state index contributed by atoms with van der Waals surface area (Å²) in [5.41, 5.74) is 4.37. The highest BCUT2D eigenvalue weighted by Gasteiger charge is 2.17. The number of methoxy groups -OCH3 is 1. The monoisotopic (exact) mass is 653 g/mol. The van der Waals surface area contributed by atoms with Crippen LogP contribution in [0.5, 0.6) is 17.4 Å². The highest BCUT2D eigenvalue weighted by Crippen LogP contribution is 2.31. The van der Waals surface area contributed by atoms with Crippen molar-refractivity contribution in [2.75, 3.05) is 26.9 Å². The van der Waals surface area contributed by atoms with Crippen LogP contribution in [-0.4, -0.2) is 49.5 Å². The van der Waals surface area contributed by atoms with Crippen LogP contribution in [0.4, 0.5) is 0 Å². The molecule has 0 aliphatic rings. The number of pyridine rings is 1. The van der Waals surface area contributed by atoms with Crippen LogP contribution in [0.25, 0.3) is 22.4 Å². The van der Waals surface area contributed by atoms with Gasteiger partial charge in [0.15, 0.2) is 0 Å². The van der Waals surface area contributed by atoms with Crippen LogP contribution in [0.3, 0.4) is 0 Å². The number of unbranched alkanes of at least 4 members (excludes halogenated alkanes) is 2. The van der Waals surface area contributed by atoms with Gasteiger partial charge in [0, 0.05) is 30.0 Å². The maximum absolute atomic E-state index is 12.1. The number of carbonyl (C=O) groups is 2. The van der Waals surface area contributed by atoms with Gasteiger partial charge in [0.2, 0.25) is 5.88 Å². The lowest BCUT2D eigenvalue weighted by Crippen LogP contribution is -2.24. The first kappa shape index (κ1) is 36.0. The Labute approximate surface area is 284 Å². The summed E-state index contributed by atoms with van der Waals surface area (Å²) in [5, 5.41) is 0. The van der Waals surface area contributed by atoms with Gasteiger partial charge in [-0.05, 0) is 82.2 Å². The van der Waals surface area contributed by atoms with Gasteiger partial charge in [0.05, 0.1) is 32.6 Å². The smallest absolute Gasteiger partial charge is 0.306 e. The molecule has 1 aromatic heterocycles. The number of hydrogen-bond donors (Lipinski definition) is 0. The highest BCUT2D eigenvalue weighted by atomic mass is 16.6. The van der Waals surface area contributed by atoms with Gasteiger partial charge in [-0.3, -0.25) is 9.59 Å². The van der Waals surface area contributed by atoms with Gasteiger partial charge < -0.3 is 23.7 Å². The van der Waals surface area contributed by atoms with Crippen LogP contribution in [0.15, 0.2) is 91.0 Å². The Balaban J connectivity index is 1.28. The Kier molecular flexibility index (Phi) is 13.9. The first-order valence-electron chi connectivity index (χ1n) is 16.6. The van der Waals surface area contributed by atoms with Crippen molar-refractivity contribution >= 4 is 11.9 Å². The van der Waals surface area contributed by atoms with Crippen LogP contribution in [0, 0.1) is 0 Å². The minimum atomic E-state index is -0.518. The van der Waals surface area contributed by atoms with Crippen LogP contribution in [0.1, 0.15) is 64.9 Å². The summed E-state index contributed by atoms with van der Waals surface area (Å²) >= 11 is 0. The molecule has 0 N–H and O–H groups in total. The normalized spacial score (nSPS) is 11.1. The standard InChI is InChI=1S/C40H47NO7/c1-40(2,3)48-39(43)22-15-27-46-36-21-14-20-35(33(36)23-24-38(42)44-4)45-25-12-7-13-26-47-37-29-32(30-16-8-5-9-17-30)28-34(41-37)31-18-10-6-11-19-31/h5-6,8-11,14,16-21,28-29H,7,12-13,15,22-27H2,1-4H3. The Hall–Kier alpha value is -4.85. The van der Waals surface area contributed by atoms with Gasteiger partial charge in [0.25, 0.3) is 0 Å². The zero-order valence-corrected chi connectivity index (χ0v) is 28.5.